The minimum Gasteiger partial charge on any atom is -0.310 e. The Morgan fingerprint density at radius 1 is 1.20 bits per heavy atom. The van der Waals surface area contributed by atoms with E-state index in [2.05, 4.69) is 15.2 Å². The van der Waals surface area contributed by atoms with Crippen molar-refractivity contribution in [2.24, 2.45) is 10.2 Å². The van der Waals surface area contributed by atoms with Crippen LogP contribution in [0, 0.1) is 0 Å². The van der Waals surface area contributed by atoms with Gasteiger partial charge in [0.15, 0.2) is 11.9 Å². The largest absolute Gasteiger partial charge is 0.310 e. The van der Waals surface area contributed by atoms with E-state index in [9.17, 15) is 4.79 Å². The SMILES string of the molecule is CCN(C(=O)C1N=Nc2ncccc21)c1ccccc1. The van der Waals surface area contributed by atoms with Crippen molar-refractivity contribution < 1.29 is 4.79 Å². The van der Waals surface area contributed by atoms with Gasteiger partial charge >= 0.3 is 0 Å². The summed E-state index contributed by atoms with van der Waals surface area (Å²) in [5.41, 5.74) is 1.64. The topological polar surface area (TPSA) is 57.9 Å². The van der Waals surface area contributed by atoms with Gasteiger partial charge in [0.25, 0.3) is 5.91 Å². The fourth-order valence-corrected chi connectivity index (χ4v) is 2.28. The van der Waals surface area contributed by atoms with Crippen LogP contribution in [0.2, 0.25) is 0 Å². The Kier molecular flexibility index (Phi) is 3.25. The van der Waals surface area contributed by atoms with Gasteiger partial charge in [0.1, 0.15) is 0 Å². The lowest BCUT2D eigenvalue weighted by Gasteiger charge is -2.22. The number of likely N-dealkylation sites (N-methyl/N-ethyl adjacent to an activating group) is 1. The maximum Gasteiger partial charge on any atom is 0.258 e. The van der Waals surface area contributed by atoms with Crippen LogP contribution in [0.3, 0.4) is 0 Å². The van der Waals surface area contributed by atoms with E-state index < -0.39 is 6.04 Å². The Labute approximate surface area is 117 Å². The van der Waals surface area contributed by atoms with Crippen molar-refractivity contribution in [1.82, 2.24) is 4.98 Å². The highest BCUT2D eigenvalue weighted by atomic mass is 16.2. The number of hydrogen-bond acceptors (Lipinski definition) is 4. The number of fused-ring (bicyclic) bond motifs is 1. The van der Waals surface area contributed by atoms with Gasteiger partial charge in [-0.2, -0.15) is 5.11 Å². The molecule has 1 unspecified atom stereocenters. The molecule has 5 nitrogen and oxygen atoms in total. The number of benzene rings is 1. The molecule has 0 saturated heterocycles. The van der Waals surface area contributed by atoms with Gasteiger partial charge in [0, 0.05) is 24.0 Å². The predicted octanol–water partition coefficient (Wildman–Crippen LogP) is 3.27. The number of nitrogens with zero attached hydrogens (tertiary/aromatic N) is 4. The Morgan fingerprint density at radius 2 is 2.00 bits per heavy atom. The summed E-state index contributed by atoms with van der Waals surface area (Å²) in [4.78, 5) is 18.5. The van der Waals surface area contributed by atoms with Crippen molar-refractivity contribution >= 4 is 17.4 Å². The smallest absolute Gasteiger partial charge is 0.258 e. The summed E-state index contributed by atoms with van der Waals surface area (Å²) in [7, 11) is 0. The average molecular weight is 266 g/mol. The van der Waals surface area contributed by atoms with Crippen LogP contribution in [-0.2, 0) is 4.79 Å². The van der Waals surface area contributed by atoms with Gasteiger partial charge in [-0.25, -0.2) is 4.98 Å². The molecule has 0 aliphatic carbocycles. The molecule has 2 aromatic rings. The van der Waals surface area contributed by atoms with Crippen LogP contribution in [0.25, 0.3) is 0 Å². The number of pyridine rings is 1. The highest BCUT2D eigenvalue weighted by molar-refractivity contribution is 5.98. The predicted molar refractivity (Wildman–Crippen MR) is 76.0 cm³/mol. The lowest BCUT2D eigenvalue weighted by Crippen LogP contribution is -2.34. The molecular formula is C15H14N4O. The first-order valence-electron chi connectivity index (χ1n) is 6.53. The fraction of sp³-hybridized carbons (Fsp3) is 0.200. The summed E-state index contributed by atoms with van der Waals surface area (Å²) in [5, 5.41) is 8.05. The monoisotopic (exact) mass is 266 g/mol. The first-order valence-corrected chi connectivity index (χ1v) is 6.53. The molecular weight excluding hydrogens is 252 g/mol. The van der Waals surface area contributed by atoms with Crippen molar-refractivity contribution in [3.05, 3.63) is 54.2 Å². The molecule has 0 saturated carbocycles. The minimum atomic E-state index is -0.584. The molecule has 0 bridgehead atoms. The molecule has 100 valence electrons. The van der Waals surface area contributed by atoms with E-state index in [0.717, 1.165) is 11.3 Å². The number of carbonyl (C=O) groups excluding carboxylic acids is 1. The van der Waals surface area contributed by atoms with Gasteiger partial charge in [0.05, 0.1) is 0 Å². The van der Waals surface area contributed by atoms with E-state index in [1.807, 2.05) is 43.3 Å². The van der Waals surface area contributed by atoms with Crippen LogP contribution in [0.15, 0.2) is 58.9 Å². The van der Waals surface area contributed by atoms with Crippen LogP contribution in [0.1, 0.15) is 18.5 Å². The average Bonchev–Trinajstić information content (AvgIpc) is 2.93. The molecule has 1 aromatic heterocycles. The second-order valence-corrected chi connectivity index (χ2v) is 4.45. The number of para-hydroxylation sites is 1. The molecule has 1 atom stereocenters. The molecule has 1 amide bonds. The standard InChI is InChI=1S/C15H14N4O/c1-2-19(11-7-4-3-5-8-11)15(20)13-12-9-6-10-16-14(12)18-17-13/h3-10,13H,2H2,1H3. The Balaban J connectivity index is 1.92. The van der Waals surface area contributed by atoms with E-state index >= 15 is 0 Å². The Morgan fingerprint density at radius 3 is 2.75 bits per heavy atom. The van der Waals surface area contributed by atoms with Crippen LogP contribution < -0.4 is 4.90 Å². The van der Waals surface area contributed by atoms with E-state index in [1.54, 1.807) is 17.2 Å². The number of anilines is 1. The van der Waals surface area contributed by atoms with Crippen molar-refractivity contribution in [1.29, 1.82) is 0 Å². The number of amides is 1. The maximum absolute atomic E-state index is 12.7. The lowest BCUT2D eigenvalue weighted by atomic mass is 10.1. The molecule has 1 aliphatic heterocycles. The first kappa shape index (κ1) is 12.5. The quantitative estimate of drug-likeness (QED) is 0.856. The van der Waals surface area contributed by atoms with Crippen LogP contribution in [0.4, 0.5) is 11.5 Å². The third-order valence-corrected chi connectivity index (χ3v) is 3.26. The number of rotatable bonds is 3. The number of hydrogen-bond donors (Lipinski definition) is 0. The number of aromatic nitrogens is 1. The van der Waals surface area contributed by atoms with Gasteiger partial charge in [-0.05, 0) is 25.1 Å². The summed E-state index contributed by atoms with van der Waals surface area (Å²) >= 11 is 0. The van der Waals surface area contributed by atoms with Gasteiger partial charge in [-0.3, -0.25) is 4.79 Å². The van der Waals surface area contributed by atoms with Crippen molar-refractivity contribution in [2.45, 2.75) is 13.0 Å². The Hall–Kier alpha value is -2.56. The second kappa shape index (κ2) is 5.21. The molecule has 5 heteroatoms. The molecule has 0 N–H and O–H groups in total. The molecule has 20 heavy (non-hydrogen) atoms. The fourth-order valence-electron chi connectivity index (χ4n) is 2.28. The van der Waals surface area contributed by atoms with Crippen molar-refractivity contribution in [3.63, 3.8) is 0 Å². The summed E-state index contributed by atoms with van der Waals surface area (Å²) in [6.07, 6.45) is 1.65. The lowest BCUT2D eigenvalue weighted by molar-refractivity contribution is -0.119. The van der Waals surface area contributed by atoms with Gasteiger partial charge in [0.2, 0.25) is 0 Å². The van der Waals surface area contributed by atoms with E-state index in [4.69, 9.17) is 0 Å². The summed E-state index contributed by atoms with van der Waals surface area (Å²) in [5.74, 6) is 0.462. The summed E-state index contributed by atoms with van der Waals surface area (Å²) < 4.78 is 0. The molecule has 0 radical (unpaired) electrons. The highest BCUT2D eigenvalue weighted by Crippen LogP contribution is 2.35. The zero-order valence-electron chi connectivity index (χ0n) is 11.1. The van der Waals surface area contributed by atoms with Crippen LogP contribution in [-0.4, -0.2) is 17.4 Å². The summed E-state index contributed by atoms with van der Waals surface area (Å²) in [6.45, 7) is 2.53. The van der Waals surface area contributed by atoms with Crippen LogP contribution in [0.5, 0.6) is 0 Å². The minimum absolute atomic E-state index is 0.0748. The molecule has 0 spiro atoms. The molecule has 3 rings (SSSR count). The third-order valence-electron chi connectivity index (χ3n) is 3.26. The molecule has 0 fully saturated rings. The van der Waals surface area contributed by atoms with Gasteiger partial charge < -0.3 is 4.90 Å². The Bertz CT molecular complexity index is 654. The number of carbonyl (C=O) groups is 1. The second-order valence-electron chi connectivity index (χ2n) is 4.45. The van der Waals surface area contributed by atoms with E-state index in [1.165, 1.54) is 0 Å². The first-order chi connectivity index (χ1) is 9.81. The van der Waals surface area contributed by atoms with Crippen molar-refractivity contribution in [3.8, 4) is 0 Å². The summed E-state index contributed by atoms with van der Waals surface area (Å²) in [6, 6.07) is 12.6. The van der Waals surface area contributed by atoms with E-state index in [-0.39, 0.29) is 5.91 Å². The zero-order valence-corrected chi connectivity index (χ0v) is 11.1. The molecule has 1 aromatic carbocycles. The maximum atomic E-state index is 12.7. The van der Waals surface area contributed by atoms with Crippen molar-refractivity contribution in [2.75, 3.05) is 11.4 Å². The third kappa shape index (κ3) is 2.07. The van der Waals surface area contributed by atoms with Gasteiger partial charge in [-0.15, -0.1) is 5.11 Å². The zero-order chi connectivity index (χ0) is 13.9. The number of azo groups is 1. The van der Waals surface area contributed by atoms with E-state index in [0.29, 0.717) is 12.4 Å². The van der Waals surface area contributed by atoms with Crippen LogP contribution >= 0.6 is 0 Å². The van der Waals surface area contributed by atoms with Gasteiger partial charge in [-0.1, -0.05) is 24.3 Å². The molecule has 1 aliphatic rings. The molecule has 2 heterocycles. The highest BCUT2D eigenvalue weighted by Gasteiger charge is 2.31. The normalized spacial score (nSPS) is 15.9.